The Morgan fingerprint density at radius 3 is 2.85 bits per heavy atom. The molecule has 0 fully saturated rings. The molecule has 0 saturated heterocycles. The number of para-hydroxylation sites is 1. The first-order chi connectivity index (χ1) is 9.70. The standard InChI is InChI=1S/C15H15ClN2O2/c1-10(16)15-17-14-12(6-3-7-13(14)19-2)18(15)9-11-5-4-8-20-11/h3-8,10H,9H2,1-2H3. The molecule has 1 aromatic carbocycles. The Morgan fingerprint density at radius 2 is 2.20 bits per heavy atom. The molecule has 104 valence electrons. The molecule has 5 heteroatoms. The fourth-order valence-corrected chi connectivity index (χ4v) is 2.50. The van der Waals surface area contributed by atoms with Crippen molar-refractivity contribution in [1.82, 2.24) is 9.55 Å². The Bertz CT molecular complexity index is 717. The zero-order valence-electron chi connectivity index (χ0n) is 11.3. The lowest BCUT2D eigenvalue weighted by atomic mass is 10.3. The highest BCUT2D eigenvalue weighted by molar-refractivity contribution is 6.20. The summed E-state index contributed by atoms with van der Waals surface area (Å²) in [6.07, 6.45) is 1.67. The highest BCUT2D eigenvalue weighted by atomic mass is 35.5. The van der Waals surface area contributed by atoms with Crippen molar-refractivity contribution >= 4 is 22.6 Å². The molecule has 1 atom stereocenters. The van der Waals surface area contributed by atoms with Gasteiger partial charge in [-0.3, -0.25) is 0 Å². The Labute approximate surface area is 121 Å². The lowest BCUT2D eigenvalue weighted by Gasteiger charge is -2.08. The van der Waals surface area contributed by atoms with Crippen molar-refractivity contribution in [2.45, 2.75) is 18.8 Å². The van der Waals surface area contributed by atoms with Crippen molar-refractivity contribution in [3.8, 4) is 5.75 Å². The van der Waals surface area contributed by atoms with Crippen LogP contribution in [0.5, 0.6) is 5.75 Å². The number of nitrogens with zero attached hydrogens (tertiary/aromatic N) is 2. The van der Waals surface area contributed by atoms with Gasteiger partial charge in [0.2, 0.25) is 0 Å². The number of hydrogen-bond acceptors (Lipinski definition) is 3. The molecular formula is C15H15ClN2O2. The maximum absolute atomic E-state index is 6.26. The summed E-state index contributed by atoms with van der Waals surface area (Å²) >= 11 is 6.26. The third kappa shape index (κ3) is 2.16. The van der Waals surface area contributed by atoms with Gasteiger partial charge in [0, 0.05) is 0 Å². The van der Waals surface area contributed by atoms with Crippen LogP contribution in [0.2, 0.25) is 0 Å². The van der Waals surface area contributed by atoms with Crippen LogP contribution >= 0.6 is 11.6 Å². The van der Waals surface area contributed by atoms with Crippen molar-refractivity contribution in [2.75, 3.05) is 7.11 Å². The minimum Gasteiger partial charge on any atom is -0.494 e. The molecule has 0 aliphatic rings. The SMILES string of the molecule is COc1cccc2c1nc(C(C)Cl)n2Cc1ccco1. The summed E-state index contributed by atoms with van der Waals surface area (Å²) in [5, 5.41) is -0.193. The lowest BCUT2D eigenvalue weighted by molar-refractivity contribution is 0.419. The van der Waals surface area contributed by atoms with Crippen LogP contribution in [0.15, 0.2) is 41.0 Å². The summed E-state index contributed by atoms with van der Waals surface area (Å²) < 4.78 is 12.9. The number of halogens is 1. The maximum Gasteiger partial charge on any atom is 0.146 e. The fourth-order valence-electron chi connectivity index (χ4n) is 2.33. The van der Waals surface area contributed by atoms with Gasteiger partial charge in [0.25, 0.3) is 0 Å². The van der Waals surface area contributed by atoms with Crippen LogP contribution in [0.4, 0.5) is 0 Å². The van der Waals surface area contributed by atoms with Gasteiger partial charge in [-0.1, -0.05) is 6.07 Å². The van der Waals surface area contributed by atoms with Gasteiger partial charge in [-0.2, -0.15) is 0 Å². The number of methoxy groups -OCH3 is 1. The highest BCUT2D eigenvalue weighted by Crippen LogP contribution is 2.30. The summed E-state index contributed by atoms with van der Waals surface area (Å²) in [6.45, 7) is 2.51. The molecule has 4 nitrogen and oxygen atoms in total. The van der Waals surface area contributed by atoms with Crippen molar-refractivity contribution in [2.24, 2.45) is 0 Å². The second-order valence-corrected chi connectivity index (χ2v) is 5.23. The van der Waals surface area contributed by atoms with E-state index in [1.165, 1.54) is 0 Å². The van der Waals surface area contributed by atoms with Crippen molar-refractivity contribution in [1.29, 1.82) is 0 Å². The molecule has 3 rings (SSSR count). The first-order valence-electron chi connectivity index (χ1n) is 6.40. The third-order valence-electron chi connectivity index (χ3n) is 3.24. The number of hydrogen-bond donors (Lipinski definition) is 0. The summed E-state index contributed by atoms with van der Waals surface area (Å²) in [6, 6.07) is 9.67. The van der Waals surface area contributed by atoms with Crippen LogP contribution in [0.1, 0.15) is 23.9 Å². The highest BCUT2D eigenvalue weighted by Gasteiger charge is 2.18. The molecular weight excluding hydrogens is 276 g/mol. The molecule has 0 bridgehead atoms. The van der Waals surface area contributed by atoms with Crippen LogP contribution in [0, 0.1) is 0 Å². The number of fused-ring (bicyclic) bond motifs is 1. The third-order valence-corrected chi connectivity index (χ3v) is 3.44. The molecule has 2 heterocycles. The van der Waals surface area contributed by atoms with E-state index in [0.717, 1.165) is 28.4 Å². The van der Waals surface area contributed by atoms with Gasteiger partial charge in [-0.15, -0.1) is 11.6 Å². The van der Waals surface area contributed by atoms with Crippen LogP contribution in [0.25, 0.3) is 11.0 Å². The first kappa shape index (κ1) is 13.1. The molecule has 0 aliphatic heterocycles. The Morgan fingerprint density at radius 1 is 1.35 bits per heavy atom. The first-order valence-corrected chi connectivity index (χ1v) is 6.84. The Kier molecular flexibility index (Phi) is 3.40. The van der Waals surface area contributed by atoms with Gasteiger partial charge in [0.1, 0.15) is 22.9 Å². The molecule has 0 saturated carbocycles. The van der Waals surface area contributed by atoms with Crippen LogP contribution in [-0.4, -0.2) is 16.7 Å². The van der Waals surface area contributed by atoms with E-state index < -0.39 is 0 Å². The van der Waals surface area contributed by atoms with E-state index in [1.54, 1.807) is 13.4 Å². The summed E-state index contributed by atoms with van der Waals surface area (Å²) in [5.41, 5.74) is 1.81. The monoisotopic (exact) mass is 290 g/mol. The summed E-state index contributed by atoms with van der Waals surface area (Å²) in [7, 11) is 1.64. The van der Waals surface area contributed by atoms with E-state index in [4.69, 9.17) is 20.8 Å². The second-order valence-electron chi connectivity index (χ2n) is 4.58. The molecule has 0 N–H and O–H groups in total. The van der Waals surface area contributed by atoms with Crippen LogP contribution < -0.4 is 4.74 Å². The predicted molar refractivity (Wildman–Crippen MR) is 78.4 cm³/mol. The summed E-state index contributed by atoms with van der Waals surface area (Å²) in [5.74, 6) is 2.42. The number of imidazole rings is 1. The Hall–Kier alpha value is -1.94. The average molecular weight is 291 g/mol. The zero-order valence-corrected chi connectivity index (χ0v) is 12.1. The number of aromatic nitrogens is 2. The number of rotatable bonds is 4. The quantitative estimate of drug-likeness (QED) is 0.682. The van der Waals surface area contributed by atoms with Crippen molar-refractivity contribution < 1.29 is 9.15 Å². The van der Waals surface area contributed by atoms with E-state index in [9.17, 15) is 0 Å². The molecule has 3 aromatic rings. The van der Waals surface area contributed by atoms with Crippen LogP contribution in [0.3, 0.4) is 0 Å². The topological polar surface area (TPSA) is 40.2 Å². The second kappa shape index (κ2) is 5.21. The van der Waals surface area contributed by atoms with Gasteiger partial charge in [0.05, 0.1) is 30.8 Å². The van der Waals surface area contributed by atoms with Gasteiger partial charge in [0.15, 0.2) is 0 Å². The van der Waals surface area contributed by atoms with E-state index in [2.05, 4.69) is 9.55 Å². The number of ether oxygens (including phenoxy) is 1. The predicted octanol–water partition coefficient (Wildman–Crippen LogP) is 3.99. The summed E-state index contributed by atoms with van der Waals surface area (Å²) in [4.78, 5) is 4.63. The smallest absolute Gasteiger partial charge is 0.146 e. The average Bonchev–Trinajstić information content (AvgIpc) is 3.07. The molecule has 1 unspecified atom stereocenters. The van der Waals surface area contributed by atoms with Gasteiger partial charge in [-0.25, -0.2) is 4.98 Å². The zero-order chi connectivity index (χ0) is 14.1. The van der Waals surface area contributed by atoms with Gasteiger partial charge in [-0.05, 0) is 31.2 Å². The van der Waals surface area contributed by atoms with Crippen LogP contribution in [-0.2, 0) is 6.54 Å². The lowest BCUT2D eigenvalue weighted by Crippen LogP contribution is -2.05. The fraction of sp³-hybridized carbons (Fsp3) is 0.267. The number of alkyl halides is 1. The number of furan rings is 1. The Balaban J connectivity index is 2.19. The van der Waals surface area contributed by atoms with E-state index in [-0.39, 0.29) is 5.38 Å². The molecule has 2 aromatic heterocycles. The van der Waals surface area contributed by atoms with E-state index in [0.29, 0.717) is 6.54 Å². The maximum atomic E-state index is 6.26. The van der Waals surface area contributed by atoms with Crippen molar-refractivity contribution in [3.05, 3.63) is 48.2 Å². The van der Waals surface area contributed by atoms with Crippen molar-refractivity contribution in [3.63, 3.8) is 0 Å². The van der Waals surface area contributed by atoms with E-state index in [1.807, 2.05) is 37.3 Å². The van der Waals surface area contributed by atoms with E-state index >= 15 is 0 Å². The molecule has 20 heavy (non-hydrogen) atoms. The molecule has 0 spiro atoms. The molecule has 0 radical (unpaired) electrons. The van der Waals surface area contributed by atoms with Gasteiger partial charge < -0.3 is 13.7 Å². The minimum absolute atomic E-state index is 0.193. The molecule has 0 aliphatic carbocycles. The molecule has 0 amide bonds. The van der Waals surface area contributed by atoms with Gasteiger partial charge >= 0.3 is 0 Å². The minimum atomic E-state index is -0.193. The normalized spacial score (nSPS) is 12.8. The largest absolute Gasteiger partial charge is 0.494 e. The number of benzene rings is 1.